The van der Waals surface area contributed by atoms with E-state index in [9.17, 15) is 9.59 Å². The molecule has 4 nitrogen and oxygen atoms in total. The molecule has 0 aromatic heterocycles. The summed E-state index contributed by atoms with van der Waals surface area (Å²) in [5.41, 5.74) is 0.412. The zero-order chi connectivity index (χ0) is 16.6. The number of nitrogens with zero attached hydrogens (tertiary/aromatic N) is 1. The molecule has 0 saturated carbocycles. The van der Waals surface area contributed by atoms with Crippen molar-refractivity contribution in [2.24, 2.45) is 0 Å². The van der Waals surface area contributed by atoms with Gasteiger partial charge in [-0.2, -0.15) is 0 Å². The molecule has 4 heteroatoms. The molecule has 0 aliphatic carbocycles. The van der Waals surface area contributed by atoms with Crippen molar-refractivity contribution < 1.29 is 14.3 Å². The van der Waals surface area contributed by atoms with Crippen molar-refractivity contribution >= 4 is 11.9 Å². The normalized spacial score (nSPS) is 11.1. The van der Waals surface area contributed by atoms with Crippen LogP contribution < -0.4 is 0 Å². The Hall–Kier alpha value is -1.84. The van der Waals surface area contributed by atoms with Crippen LogP contribution in [-0.2, 0) is 16.1 Å². The second-order valence-electron chi connectivity index (χ2n) is 6.46. The summed E-state index contributed by atoms with van der Waals surface area (Å²) in [6.07, 6.45) is 1.88. The van der Waals surface area contributed by atoms with E-state index in [4.69, 9.17) is 4.74 Å². The molecule has 0 N–H and O–H groups in total. The molecule has 0 radical (unpaired) electrons. The van der Waals surface area contributed by atoms with Crippen molar-refractivity contribution in [3.8, 4) is 0 Å². The van der Waals surface area contributed by atoms with Gasteiger partial charge >= 0.3 is 6.09 Å². The van der Waals surface area contributed by atoms with Gasteiger partial charge in [0.05, 0.1) is 6.54 Å². The zero-order valence-corrected chi connectivity index (χ0v) is 14.1. The van der Waals surface area contributed by atoms with Gasteiger partial charge < -0.3 is 4.74 Å². The molecule has 0 fully saturated rings. The molecule has 1 aromatic carbocycles. The molecule has 22 heavy (non-hydrogen) atoms. The SMILES string of the molecule is CCCCC(=O)CN(Cc1ccccc1)C(=O)OC(C)(C)C. The minimum absolute atomic E-state index is 0.0728. The number of ketones is 1. The quantitative estimate of drug-likeness (QED) is 0.759. The number of unbranched alkanes of at least 4 members (excludes halogenated alkanes) is 1. The predicted octanol–water partition coefficient (Wildman–Crippen LogP) is 4.18. The van der Waals surface area contributed by atoms with E-state index in [1.54, 1.807) is 0 Å². The molecule has 0 heterocycles. The van der Waals surface area contributed by atoms with E-state index in [1.165, 1.54) is 4.90 Å². The van der Waals surface area contributed by atoms with Crippen LogP contribution in [0.15, 0.2) is 30.3 Å². The maximum atomic E-state index is 12.3. The Morgan fingerprint density at radius 1 is 1.14 bits per heavy atom. The van der Waals surface area contributed by atoms with Crippen molar-refractivity contribution in [1.82, 2.24) is 4.90 Å². The number of Topliss-reactive ketones (excluding diaryl/α,β-unsaturated/α-hetero) is 1. The van der Waals surface area contributed by atoms with Crippen molar-refractivity contribution in [3.05, 3.63) is 35.9 Å². The monoisotopic (exact) mass is 305 g/mol. The largest absolute Gasteiger partial charge is 0.444 e. The topological polar surface area (TPSA) is 46.6 Å². The van der Waals surface area contributed by atoms with Crippen molar-refractivity contribution in [2.75, 3.05) is 6.54 Å². The lowest BCUT2D eigenvalue weighted by molar-refractivity contribution is -0.120. The number of rotatable bonds is 7. The fourth-order valence-corrected chi connectivity index (χ4v) is 1.98. The van der Waals surface area contributed by atoms with Crippen LogP contribution in [0.1, 0.15) is 52.5 Å². The highest BCUT2D eigenvalue weighted by Gasteiger charge is 2.23. The third kappa shape index (κ3) is 7.25. The van der Waals surface area contributed by atoms with Crippen LogP contribution in [0.3, 0.4) is 0 Å². The van der Waals surface area contributed by atoms with E-state index in [0.29, 0.717) is 13.0 Å². The molecule has 0 bridgehead atoms. The summed E-state index contributed by atoms with van der Waals surface area (Å²) < 4.78 is 5.41. The van der Waals surface area contributed by atoms with E-state index in [0.717, 1.165) is 18.4 Å². The summed E-state index contributed by atoms with van der Waals surface area (Å²) in [6, 6.07) is 9.64. The fourth-order valence-electron chi connectivity index (χ4n) is 1.98. The Morgan fingerprint density at radius 3 is 2.32 bits per heavy atom. The van der Waals surface area contributed by atoms with Gasteiger partial charge in [-0.25, -0.2) is 4.79 Å². The summed E-state index contributed by atoms with van der Waals surface area (Å²) in [6.45, 7) is 8.00. The highest BCUT2D eigenvalue weighted by Crippen LogP contribution is 2.13. The highest BCUT2D eigenvalue weighted by atomic mass is 16.6. The molecule has 122 valence electrons. The number of hydrogen-bond acceptors (Lipinski definition) is 3. The third-order valence-electron chi connectivity index (χ3n) is 3.04. The molecule has 0 aliphatic rings. The van der Waals surface area contributed by atoms with Crippen LogP contribution in [0.4, 0.5) is 4.79 Å². The molecular weight excluding hydrogens is 278 g/mol. The summed E-state index contributed by atoms with van der Waals surface area (Å²) in [5, 5.41) is 0. The summed E-state index contributed by atoms with van der Waals surface area (Å²) in [7, 11) is 0. The second kappa shape index (κ2) is 8.57. The molecule has 0 unspecified atom stereocenters. The van der Waals surface area contributed by atoms with Gasteiger partial charge in [-0.15, -0.1) is 0 Å². The standard InChI is InChI=1S/C18H27NO3/c1-5-6-12-16(20)14-19(17(21)22-18(2,3)4)13-15-10-8-7-9-11-15/h7-11H,5-6,12-14H2,1-4H3. The van der Waals surface area contributed by atoms with Crippen LogP contribution in [0.25, 0.3) is 0 Å². The molecule has 0 aliphatic heterocycles. The molecule has 1 amide bonds. The first-order valence-corrected chi connectivity index (χ1v) is 7.85. The zero-order valence-electron chi connectivity index (χ0n) is 14.1. The van der Waals surface area contributed by atoms with Crippen molar-refractivity contribution in [3.63, 3.8) is 0 Å². The lowest BCUT2D eigenvalue weighted by atomic mass is 10.1. The smallest absolute Gasteiger partial charge is 0.410 e. The lowest BCUT2D eigenvalue weighted by Crippen LogP contribution is -2.39. The van der Waals surface area contributed by atoms with Crippen LogP contribution in [-0.4, -0.2) is 28.9 Å². The van der Waals surface area contributed by atoms with Gasteiger partial charge in [0, 0.05) is 13.0 Å². The Kier molecular flexibility index (Phi) is 7.09. The average molecular weight is 305 g/mol. The predicted molar refractivity (Wildman–Crippen MR) is 87.6 cm³/mol. The van der Waals surface area contributed by atoms with E-state index in [-0.39, 0.29) is 12.3 Å². The third-order valence-corrected chi connectivity index (χ3v) is 3.04. The van der Waals surface area contributed by atoms with Gasteiger partial charge in [0.25, 0.3) is 0 Å². The number of carbonyl (C=O) groups excluding carboxylic acids is 2. The van der Waals surface area contributed by atoms with Crippen LogP contribution in [0.5, 0.6) is 0 Å². The summed E-state index contributed by atoms with van der Waals surface area (Å²) in [5.74, 6) is 0.0728. The minimum Gasteiger partial charge on any atom is -0.444 e. The Bertz CT molecular complexity index is 477. The maximum absolute atomic E-state index is 12.3. The first kappa shape index (κ1) is 18.2. The van der Waals surface area contributed by atoms with Crippen LogP contribution in [0.2, 0.25) is 0 Å². The summed E-state index contributed by atoms with van der Waals surface area (Å²) in [4.78, 5) is 25.8. The van der Waals surface area contributed by atoms with E-state index in [1.807, 2.05) is 58.0 Å². The first-order chi connectivity index (χ1) is 10.3. The number of hydrogen-bond donors (Lipinski definition) is 0. The number of ether oxygens (including phenoxy) is 1. The molecule has 1 rings (SSSR count). The van der Waals surface area contributed by atoms with E-state index < -0.39 is 11.7 Å². The second-order valence-corrected chi connectivity index (χ2v) is 6.46. The molecule has 1 aromatic rings. The van der Waals surface area contributed by atoms with Gasteiger partial charge in [0.2, 0.25) is 0 Å². The average Bonchev–Trinajstić information content (AvgIpc) is 2.43. The van der Waals surface area contributed by atoms with Crippen molar-refractivity contribution in [2.45, 2.75) is 59.1 Å². The molecule has 0 saturated heterocycles. The molecular formula is C18H27NO3. The number of carbonyl (C=O) groups is 2. The van der Waals surface area contributed by atoms with Crippen LogP contribution >= 0.6 is 0 Å². The molecule has 0 spiro atoms. The van der Waals surface area contributed by atoms with Crippen molar-refractivity contribution in [1.29, 1.82) is 0 Å². The lowest BCUT2D eigenvalue weighted by Gasteiger charge is -2.27. The Labute approximate surface area is 133 Å². The van der Waals surface area contributed by atoms with Gasteiger partial charge in [-0.3, -0.25) is 9.69 Å². The van der Waals surface area contributed by atoms with Crippen LogP contribution in [0, 0.1) is 0 Å². The highest BCUT2D eigenvalue weighted by molar-refractivity contribution is 5.84. The summed E-state index contributed by atoms with van der Waals surface area (Å²) >= 11 is 0. The van der Waals surface area contributed by atoms with Gasteiger partial charge in [0.1, 0.15) is 5.60 Å². The minimum atomic E-state index is -0.571. The maximum Gasteiger partial charge on any atom is 0.410 e. The molecule has 0 atom stereocenters. The first-order valence-electron chi connectivity index (χ1n) is 7.85. The number of benzene rings is 1. The Morgan fingerprint density at radius 2 is 1.77 bits per heavy atom. The number of amides is 1. The van der Waals surface area contributed by atoms with E-state index >= 15 is 0 Å². The van der Waals surface area contributed by atoms with Gasteiger partial charge in [-0.05, 0) is 32.8 Å². The fraction of sp³-hybridized carbons (Fsp3) is 0.556. The Balaban J connectivity index is 2.76. The van der Waals surface area contributed by atoms with Gasteiger partial charge in [0.15, 0.2) is 5.78 Å². The van der Waals surface area contributed by atoms with Gasteiger partial charge in [-0.1, -0.05) is 43.7 Å². The van der Waals surface area contributed by atoms with E-state index in [2.05, 4.69) is 0 Å².